The summed E-state index contributed by atoms with van der Waals surface area (Å²) in [5.41, 5.74) is 1.02. The zero-order chi connectivity index (χ0) is 18.9. The summed E-state index contributed by atoms with van der Waals surface area (Å²) < 4.78 is 34.3. The molecule has 0 aliphatic carbocycles. The number of benzene rings is 2. The number of nitro benzene ring substituents is 1. The summed E-state index contributed by atoms with van der Waals surface area (Å²) >= 11 is 0. The number of nitro groups is 1. The Hall–Kier alpha value is -3.04. The van der Waals surface area contributed by atoms with E-state index >= 15 is 0 Å². The number of aryl methyl sites for hydroxylation is 1. The molecule has 0 amide bonds. The molecular formula is C17H13NO7S. The van der Waals surface area contributed by atoms with Gasteiger partial charge < -0.3 is 4.42 Å². The number of hydrogen-bond donors (Lipinski definition) is 0. The Morgan fingerprint density at radius 1 is 1.15 bits per heavy atom. The van der Waals surface area contributed by atoms with Crippen molar-refractivity contribution < 1.29 is 26.7 Å². The maximum absolute atomic E-state index is 12.1. The molecule has 3 aromatic rings. The average molecular weight is 375 g/mol. The molecule has 0 saturated heterocycles. The van der Waals surface area contributed by atoms with Crippen LogP contribution in [0.3, 0.4) is 0 Å². The zero-order valence-corrected chi connectivity index (χ0v) is 14.4. The number of ketones is 1. The predicted molar refractivity (Wildman–Crippen MR) is 91.5 cm³/mol. The highest BCUT2D eigenvalue weighted by molar-refractivity contribution is 7.86. The Morgan fingerprint density at radius 2 is 1.85 bits per heavy atom. The molecule has 0 N–H and O–H groups in total. The molecule has 0 atom stereocenters. The second-order valence-corrected chi connectivity index (χ2v) is 7.16. The second kappa shape index (κ2) is 6.70. The highest BCUT2D eigenvalue weighted by atomic mass is 32.2. The van der Waals surface area contributed by atoms with E-state index in [1.165, 1.54) is 36.4 Å². The average Bonchev–Trinajstić information content (AvgIpc) is 3.03. The monoisotopic (exact) mass is 375 g/mol. The van der Waals surface area contributed by atoms with Gasteiger partial charge in [0, 0.05) is 17.5 Å². The lowest BCUT2D eigenvalue weighted by molar-refractivity contribution is -0.384. The molecule has 1 heterocycles. The third-order valence-corrected chi connectivity index (χ3v) is 4.92. The van der Waals surface area contributed by atoms with Crippen molar-refractivity contribution in [3.05, 3.63) is 70.0 Å². The SMILES string of the molecule is Cc1ccc(S(=O)(=O)OCC(=O)c2cc3cc([N+](=O)[O-])ccc3o2)cc1. The molecule has 8 nitrogen and oxygen atoms in total. The van der Waals surface area contributed by atoms with Crippen LogP contribution in [0, 0.1) is 17.0 Å². The first-order valence-corrected chi connectivity index (χ1v) is 8.84. The van der Waals surface area contributed by atoms with Crippen LogP contribution in [0.5, 0.6) is 0 Å². The number of carbonyl (C=O) groups is 1. The van der Waals surface area contributed by atoms with Gasteiger partial charge in [-0.05, 0) is 31.2 Å². The van der Waals surface area contributed by atoms with Crippen molar-refractivity contribution in [2.45, 2.75) is 11.8 Å². The molecule has 9 heteroatoms. The molecule has 0 bridgehead atoms. The Morgan fingerprint density at radius 3 is 2.50 bits per heavy atom. The molecule has 0 aliphatic heterocycles. The van der Waals surface area contributed by atoms with E-state index in [4.69, 9.17) is 8.60 Å². The van der Waals surface area contributed by atoms with Crippen LogP contribution < -0.4 is 0 Å². The predicted octanol–water partition coefficient (Wildman–Crippen LogP) is 3.24. The smallest absolute Gasteiger partial charge is 0.297 e. The summed E-state index contributed by atoms with van der Waals surface area (Å²) in [6.45, 7) is 1.07. The lowest BCUT2D eigenvalue weighted by Gasteiger charge is -2.04. The van der Waals surface area contributed by atoms with Crippen molar-refractivity contribution in [1.82, 2.24) is 0 Å². The quantitative estimate of drug-likeness (QED) is 0.281. The molecular weight excluding hydrogens is 362 g/mol. The van der Waals surface area contributed by atoms with Crippen molar-refractivity contribution in [1.29, 1.82) is 0 Å². The lowest BCUT2D eigenvalue weighted by atomic mass is 10.2. The van der Waals surface area contributed by atoms with Gasteiger partial charge >= 0.3 is 0 Å². The van der Waals surface area contributed by atoms with Gasteiger partial charge in [0.1, 0.15) is 12.2 Å². The highest BCUT2D eigenvalue weighted by Gasteiger charge is 2.20. The van der Waals surface area contributed by atoms with Crippen LogP contribution in [-0.2, 0) is 14.3 Å². The molecule has 26 heavy (non-hydrogen) atoms. The van der Waals surface area contributed by atoms with Gasteiger partial charge in [-0.25, -0.2) is 0 Å². The second-order valence-electron chi connectivity index (χ2n) is 5.54. The number of Topliss-reactive ketones (excluding diaryl/α,β-unsaturated/α-hetero) is 1. The molecule has 0 spiro atoms. The van der Waals surface area contributed by atoms with E-state index < -0.39 is 27.4 Å². The highest BCUT2D eigenvalue weighted by Crippen LogP contribution is 2.24. The van der Waals surface area contributed by atoms with Gasteiger partial charge in [-0.15, -0.1) is 0 Å². The van der Waals surface area contributed by atoms with Gasteiger partial charge in [-0.3, -0.25) is 19.1 Å². The summed E-state index contributed by atoms with van der Waals surface area (Å²) in [5, 5.41) is 11.1. The van der Waals surface area contributed by atoms with Gasteiger partial charge in [0.15, 0.2) is 5.76 Å². The van der Waals surface area contributed by atoms with Gasteiger partial charge in [0.25, 0.3) is 15.8 Å². The third kappa shape index (κ3) is 3.63. The van der Waals surface area contributed by atoms with Gasteiger partial charge in [-0.1, -0.05) is 17.7 Å². The Balaban J connectivity index is 1.76. The van der Waals surface area contributed by atoms with Gasteiger partial charge in [-0.2, -0.15) is 8.42 Å². The maximum atomic E-state index is 12.1. The number of carbonyl (C=O) groups excluding carboxylic acids is 1. The van der Waals surface area contributed by atoms with Crippen LogP contribution >= 0.6 is 0 Å². The summed E-state index contributed by atoms with van der Waals surface area (Å²) in [5.74, 6) is -0.834. The van der Waals surface area contributed by atoms with E-state index in [9.17, 15) is 23.3 Å². The van der Waals surface area contributed by atoms with Gasteiger partial charge in [0.05, 0.1) is 9.82 Å². The first-order valence-electron chi connectivity index (χ1n) is 7.43. The Labute approximate surface area is 148 Å². The topological polar surface area (TPSA) is 117 Å². The van der Waals surface area contributed by atoms with E-state index in [1.807, 2.05) is 6.92 Å². The number of non-ortho nitro benzene ring substituents is 1. The van der Waals surface area contributed by atoms with Gasteiger partial charge in [0.2, 0.25) is 5.78 Å². The fourth-order valence-electron chi connectivity index (χ4n) is 2.26. The molecule has 0 saturated carbocycles. The van der Waals surface area contributed by atoms with Crippen LogP contribution in [0.1, 0.15) is 16.1 Å². The summed E-state index contributed by atoms with van der Waals surface area (Å²) in [6, 6.07) is 11.2. The van der Waals surface area contributed by atoms with Crippen LogP contribution in [0.4, 0.5) is 5.69 Å². The van der Waals surface area contributed by atoms with Crippen LogP contribution in [0.2, 0.25) is 0 Å². The number of furan rings is 1. The largest absolute Gasteiger partial charge is 0.453 e. The van der Waals surface area contributed by atoms with Crippen molar-refractivity contribution in [2.75, 3.05) is 6.61 Å². The Bertz CT molecular complexity index is 1100. The molecule has 0 fully saturated rings. The van der Waals surface area contributed by atoms with E-state index in [0.717, 1.165) is 5.56 Å². The summed E-state index contributed by atoms with van der Waals surface area (Å²) in [6.07, 6.45) is 0. The van der Waals surface area contributed by atoms with Crippen molar-refractivity contribution in [3.8, 4) is 0 Å². The third-order valence-electron chi connectivity index (χ3n) is 3.64. The molecule has 0 radical (unpaired) electrons. The minimum Gasteiger partial charge on any atom is -0.453 e. The minimum absolute atomic E-state index is 0.0591. The van der Waals surface area contributed by atoms with Crippen LogP contribution in [0.25, 0.3) is 11.0 Å². The summed E-state index contributed by atoms with van der Waals surface area (Å²) in [4.78, 5) is 22.3. The zero-order valence-electron chi connectivity index (χ0n) is 13.5. The molecule has 3 rings (SSSR count). The van der Waals surface area contributed by atoms with Crippen LogP contribution in [-0.4, -0.2) is 25.7 Å². The number of hydrogen-bond acceptors (Lipinski definition) is 7. The molecule has 0 unspecified atom stereocenters. The van der Waals surface area contributed by atoms with E-state index in [0.29, 0.717) is 5.39 Å². The Kier molecular flexibility index (Phi) is 4.58. The standard InChI is InChI=1S/C17H13NO7S/c1-11-2-5-14(6-3-11)26(22,23)24-10-15(19)17-9-12-8-13(18(20)21)4-7-16(12)25-17/h2-9H,10H2,1H3. The first-order chi connectivity index (χ1) is 12.3. The fourth-order valence-corrected chi connectivity index (χ4v) is 3.12. The molecule has 134 valence electrons. The van der Waals surface area contributed by atoms with E-state index in [2.05, 4.69) is 0 Å². The first kappa shape index (κ1) is 17.8. The van der Waals surface area contributed by atoms with Crippen molar-refractivity contribution in [3.63, 3.8) is 0 Å². The van der Waals surface area contributed by atoms with E-state index in [1.54, 1.807) is 12.1 Å². The fraction of sp³-hybridized carbons (Fsp3) is 0.118. The van der Waals surface area contributed by atoms with Crippen molar-refractivity contribution in [2.24, 2.45) is 0 Å². The number of nitrogens with zero attached hydrogens (tertiary/aromatic N) is 1. The maximum Gasteiger partial charge on any atom is 0.297 e. The van der Waals surface area contributed by atoms with E-state index in [-0.39, 0.29) is 21.9 Å². The summed E-state index contributed by atoms with van der Waals surface area (Å²) in [7, 11) is -4.08. The number of rotatable bonds is 6. The van der Waals surface area contributed by atoms with Crippen molar-refractivity contribution >= 4 is 32.6 Å². The number of fused-ring (bicyclic) bond motifs is 1. The molecule has 2 aromatic carbocycles. The minimum atomic E-state index is -4.08. The van der Waals surface area contributed by atoms with Crippen LogP contribution in [0.15, 0.2) is 57.8 Å². The molecule has 0 aliphatic rings. The molecule has 1 aromatic heterocycles. The normalized spacial score (nSPS) is 11.6. The lowest BCUT2D eigenvalue weighted by Crippen LogP contribution is -2.14.